The van der Waals surface area contributed by atoms with Crippen LogP contribution in [0.25, 0.3) is 21.7 Å². The minimum Gasteiger partial charge on any atom is -0.507 e. The molecule has 0 amide bonds. The summed E-state index contributed by atoms with van der Waals surface area (Å²) < 4.78 is 1.52. The number of nitrogens with one attached hydrogen (secondary N) is 1. The second kappa shape index (κ2) is 8.01. The molecule has 4 rings (SSSR count). The van der Waals surface area contributed by atoms with Gasteiger partial charge in [0.15, 0.2) is 5.01 Å². The minimum atomic E-state index is -0.0689. The summed E-state index contributed by atoms with van der Waals surface area (Å²) in [6, 6.07) is 9.13. The smallest absolute Gasteiger partial charge is 0.250 e. The van der Waals surface area contributed by atoms with Crippen molar-refractivity contribution in [1.82, 2.24) is 20.1 Å². The summed E-state index contributed by atoms with van der Waals surface area (Å²) in [5, 5.41) is 24.8. The number of hydrogen-bond acceptors (Lipinski definition) is 7. The predicted octanol–water partition coefficient (Wildman–Crippen LogP) is 4.02. The van der Waals surface area contributed by atoms with Gasteiger partial charge in [0.05, 0.1) is 5.56 Å². The average Bonchev–Trinajstić information content (AvgIpc) is 3.17. The van der Waals surface area contributed by atoms with Crippen LogP contribution in [-0.4, -0.2) is 44.0 Å². The van der Waals surface area contributed by atoms with E-state index >= 15 is 0 Å². The molecule has 0 atom stereocenters. The molecule has 2 aromatic heterocycles. The van der Waals surface area contributed by atoms with Crippen LogP contribution in [0.3, 0.4) is 0 Å². The van der Waals surface area contributed by atoms with Gasteiger partial charge in [0, 0.05) is 43.5 Å². The molecule has 32 heavy (non-hydrogen) atoms. The first-order valence-corrected chi connectivity index (χ1v) is 11.6. The number of nitrogens with zero attached hydrogens (tertiary/aromatic N) is 4. The van der Waals surface area contributed by atoms with Crippen LogP contribution in [0.1, 0.15) is 40.5 Å². The van der Waals surface area contributed by atoms with Crippen LogP contribution in [-0.2, 0) is 7.05 Å². The molecule has 0 radical (unpaired) electrons. The Hall–Kier alpha value is -2.71. The van der Waals surface area contributed by atoms with Gasteiger partial charge in [-0.05, 0) is 69.9 Å². The summed E-state index contributed by atoms with van der Waals surface area (Å²) >= 11 is 1.49. The van der Waals surface area contributed by atoms with Crippen molar-refractivity contribution < 1.29 is 5.11 Å². The van der Waals surface area contributed by atoms with Crippen molar-refractivity contribution in [2.75, 3.05) is 11.9 Å². The monoisotopic (exact) mass is 453 g/mol. The molecular formula is C24H31N5O2S. The summed E-state index contributed by atoms with van der Waals surface area (Å²) in [5.74, 6) is 0.144. The van der Waals surface area contributed by atoms with E-state index in [2.05, 4.69) is 55.2 Å². The molecule has 1 saturated heterocycles. The molecule has 1 aromatic carbocycles. The second-order valence-corrected chi connectivity index (χ2v) is 11.0. The molecule has 0 saturated carbocycles. The van der Waals surface area contributed by atoms with Crippen LogP contribution in [0.4, 0.5) is 5.13 Å². The van der Waals surface area contributed by atoms with Gasteiger partial charge in [-0.2, -0.15) is 0 Å². The number of aromatic hydroxyl groups is 1. The van der Waals surface area contributed by atoms with Gasteiger partial charge >= 0.3 is 0 Å². The van der Waals surface area contributed by atoms with Crippen molar-refractivity contribution in [3.05, 3.63) is 46.9 Å². The topological polar surface area (TPSA) is 83.3 Å². The van der Waals surface area contributed by atoms with Crippen LogP contribution in [0, 0.1) is 0 Å². The van der Waals surface area contributed by atoms with E-state index < -0.39 is 0 Å². The molecule has 1 fully saturated rings. The highest BCUT2D eigenvalue weighted by Crippen LogP contribution is 2.39. The lowest BCUT2D eigenvalue weighted by atomic mass is 9.79. The highest BCUT2D eigenvalue weighted by molar-refractivity contribution is 7.18. The number of anilines is 1. The number of aryl methyl sites for hydroxylation is 1. The predicted molar refractivity (Wildman–Crippen MR) is 130 cm³/mol. The number of aromatic nitrogens is 3. The maximum Gasteiger partial charge on any atom is 0.250 e. The number of piperidine rings is 1. The van der Waals surface area contributed by atoms with E-state index in [0.717, 1.165) is 29.1 Å². The Morgan fingerprint density at radius 1 is 1.09 bits per heavy atom. The van der Waals surface area contributed by atoms with Crippen LogP contribution < -0.4 is 15.8 Å². The summed E-state index contributed by atoms with van der Waals surface area (Å²) in [6.07, 6.45) is 3.79. The molecule has 0 unspecified atom stereocenters. The van der Waals surface area contributed by atoms with Crippen molar-refractivity contribution in [1.29, 1.82) is 0 Å². The molecule has 0 bridgehead atoms. The highest BCUT2D eigenvalue weighted by Gasteiger charge is 2.39. The first-order chi connectivity index (χ1) is 14.9. The van der Waals surface area contributed by atoms with Gasteiger partial charge in [-0.15, -0.1) is 10.2 Å². The zero-order valence-electron chi connectivity index (χ0n) is 19.5. The average molecular weight is 454 g/mol. The number of benzene rings is 1. The molecule has 1 aliphatic heterocycles. The summed E-state index contributed by atoms with van der Waals surface area (Å²) in [4.78, 5) is 13.9. The molecular weight excluding hydrogens is 422 g/mol. The molecule has 0 aliphatic carbocycles. The lowest BCUT2D eigenvalue weighted by Gasteiger charge is -2.48. The van der Waals surface area contributed by atoms with Crippen LogP contribution >= 0.6 is 11.3 Å². The number of phenolic OH excluding ortho intramolecular Hbond substituents is 1. The third-order valence-electron chi connectivity index (χ3n) is 6.08. The zero-order chi connectivity index (χ0) is 23.3. The Morgan fingerprint density at radius 3 is 2.38 bits per heavy atom. The van der Waals surface area contributed by atoms with Crippen molar-refractivity contribution >= 4 is 16.5 Å². The van der Waals surface area contributed by atoms with E-state index in [1.807, 2.05) is 12.1 Å². The van der Waals surface area contributed by atoms with Crippen LogP contribution in [0.5, 0.6) is 5.75 Å². The summed E-state index contributed by atoms with van der Waals surface area (Å²) in [7, 11) is 3.79. The number of pyridine rings is 1. The molecule has 2 N–H and O–H groups in total. The fraction of sp³-hybridized carbons (Fsp3) is 0.458. The van der Waals surface area contributed by atoms with Gasteiger partial charge in [-0.25, -0.2) is 0 Å². The van der Waals surface area contributed by atoms with E-state index in [4.69, 9.17) is 0 Å². The van der Waals surface area contributed by atoms with Gasteiger partial charge < -0.3 is 19.9 Å². The van der Waals surface area contributed by atoms with Crippen LogP contribution in [0.15, 0.2) is 41.3 Å². The second-order valence-electron chi connectivity index (χ2n) is 10.1. The highest BCUT2D eigenvalue weighted by atomic mass is 32.1. The Balaban J connectivity index is 1.58. The van der Waals surface area contributed by atoms with E-state index in [1.165, 1.54) is 22.0 Å². The van der Waals surface area contributed by atoms with Crippen LogP contribution in [0.2, 0.25) is 0 Å². The lowest BCUT2D eigenvalue weighted by molar-refractivity contribution is 0.161. The third-order valence-corrected chi connectivity index (χ3v) is 7.13. The fourth-order valence-corrected chi connectivity index (χ4v) is 5.73. The van der Waals surface area contributed by atoms with E-state index in [1.54, 1.807) is 25.4 Å². The van der Waals surface area contributed by atoms with Gasteiger partial charge in [0.1, 0.15) is 5.75 Å². The minimum absolute atomic E-state index is 0.0449. The van der Waals surface area contributed by atoms with Crippen molar-refractivity contribution in [3.8, 4) is 27.4 Å². The standard InChI is InChI=1S/C24H31N5O2S/c1-23(2)12-17(13-24(3,4)27-23)29(6)22-26-25-21(32-22)18-9-7-15(11-19(18)30)16-8-10-20(31)28(5)14-16/h7-11,14,17,27,30H,12-13H2,1-6H3. The number of phenols is 1. The molecule has 170 valence electrons. The maximum absolute atomic E-state index is 11.6. The molecule has 8 heteroatoms. The van der Waals surface area contributed by atoms with Gasteiger partial charge in [0.2, 0.25) is 10.7 Å². The van der Waals surface area contributed by atoms with Crippen molar-refractivity contribution in [3.63, 3.8) is 0 Å². The lowest BCUT2D eigenvalue weighted by Crippen LogP contribution is -2.61. The maximum atomic E-state index is 11.6. The largest absolute Gasteiger partial charge is 0.507 e. The molecule has 3 aromatic rings. The molecule has 1 aliphatic rings. The molecule has 7 nitrogen and oxygen atoms in total. The van der Waals surface area contributed by atoms with E-state index in [9.17, 15) is 9.90 Å². The summed E-state index contributed by atoms with van der Waals surface area (Å²) in [6.45, 7) is 8.96. The Morgan fingerprint density at radius 2 is 1.75 bits per heavy atom. The molecule has 0 spiro atoms. The third kappa shape index (κ3) is 4.56. The van der Waals surface area contributed by atoms with Gasteiger partial charge in [-0.3, -0.25) is 4.79 Å². The number of hydrogen-bond donors (Lipinski definition) is 2. The Bertz CT molecular complexity index is 1180. The number of rotatable bonds is 4. The summed E-state index contributed by atoms with van der Waals surface area (Å²) in [5.41, 5.74) is 2.37. The van der Waals surface area contributed by atoms with Crippen molar-refractivity contribution in [2.45, 2.75) is 57.7 Å². The first-order valence-electron chi connectivity index (χ1n) is 10.8. The SMILES string of the molecule is CN(c1nnc(-c2ccc(-c3ccc(=O)n(C)c3)cc2O)s1)C1CC(C)(C)NC(C)(C)C1. The zero-order valence-corrected chi connectivity index (χ0v) is 20.3. The quantitative estimate of drug-likeness (QED) is 0.621. The van der Waals surface area contributed by atoms with Crippen molar-refractivity contribution in [2.24, 2.45) is 7.05 Å². The van der Waals surface area contributed by atoms with E-state index in [0.29, 0.717) is 16.6 Å². The van der Waals surface area contributed by atoms with E-state index in [-0.39, 0.29) is 22.4 Å². The normalized spacial score (nSPS) is 17.9. The van der Waals surface area contributed by atoms with Gasteiger partial charge in [0.25, 0.3) is 0 Å². The fourth-order valence-electron chi connectivity index (χ4n) is 4.82. The van der Waals surface area contributed by atoms with Gasteiger partial charge in [-0.1, -0.05) is 17.4 Å². The molecule has 3 heterocycles. The Labute approximate surface area is 192 Å². The Kier molecular flexibility index (Phi) is 5.63. The first kappa shape index (κ1) is 22.5.